The highest BCUT2D eigenvalue weighted by Crippen LogP contribution is 2.39. The number of nitrogens with zero attached hydrogens (tertiary/aromatic N) is 4. The van der Waals surface area contributed by atoms with E-state index in [-0.39, 0.29) is 0 Å². The highest BCUT2D eigenvalue weighted by atomic mass is 32.1. The zero-order valence-corrected chi connectivity index (χ0v) is 12.9. The molecule has 21 heavy (non-hydrogen) atoms. The largest absolute Gasteiger partial charge is 0.381 e. The van der Waals surface area contributed by atoms with Crippen LogP contribution in [0.15, 0.2) is 0 Å². The van der Waals surface area contributed by atoms with E-state index >= 15 is 0 Å². The van der Waals surface area contributed by atoms with Crippen molar-refractivity contribution >= 4 is 16.3 Å². The van der Waals surface area contributed by atoms with Crippen LogP contribution in [-0.2, 0) is 4.74 Å². The fraction of sp³-hybridized carbons (Fsp3) is 0.786. The Bertz CT molecular complexity index is 618. The predicted octanol–water partition coefficient (Wildman–Crippen LogP) is 1.92. The quantitative estimate of drug-likeness (QED) is 0.937. The Balaban J connectivity index is 1.67. The second-order valence-electron chi connectivity index (χ2n) is 6.14. The summed E-state index contributed by atoms with van der Waals surface area (Å²) in [6, 6.07) is 0. The van der Waals surface area contributed by atoms with Gasteiger partial charge in [-0.15, -0.1) is 10.2 Å². The summed E-state index contributed by atoms with van der Waals surface area (Å²) in [5, 5.41) is 14.7. The van der Waals surface area contributed by atoms with Gasteiger partial charge < -0.3 is 10.5 Å². The fourth-order valence-electron chi connectivity index (χ4n) is 3.60. The van der Waals surface area contributed by atoms with E-state index in [4.69, 9.17) is 15.6 Å². The molecule has 0 radical (unpaired) electrons. The molecule has 2 aliphatic rings. The van der Waals surface area contributed by atoms with Crippen LogP contribution >= 0.6 is 11.3 Å². The highest BCUT2D eigenvalue weighted by Gasteiger charge is 2.30. The van der Waals surface area contributed by atoms with Crippen LogP contribution in [0, 0.1) is 5.92 Å². The second-order valence-corrected chi connectivity index (χ2v) is 7.13. The summed E-state index contributed by atoms with van der Waals surface area (Å²) in [7, 11) is 0. The Morgan fingerprint density at radius 1 is 1.24 bits per heavy atom. The molecule has 0 aromatic carbocycles. The smallest absolute Gasteiger partial charge is 0.234 e. The first-order chi connectivity index (χ1) is 10.4. The van der Waals surface area contributed by atoms with Crippen LogP contribution in [-0.4, -0.2) is 39.6 Å². The normalized spacial score (nSPS) is 30.2. The number of rotatable bonds is 3. The third kappa shape index (κ3) is 2.37. The zero-order valence-electron chi connectivity index (χ0n) is 12.1. The summed E-state index contributed by atoms with van der Waals surface area (Å²) in [6.45, 7) is 2.31. The van der Waals surface area contributed by atoms with Crippen LogP contribution in [0.1, 0.15) is 54.8 Å². The van der Waals surface area contributed by atoms with Crippen LogP contribution < -0.4 is 5.73 Å². The minimum Gasteiger partial charge on any atom is -0.381 e. The minimum atomic E-state index is 0.339. The molecule has 1 aliphatic carbocycles. The average molecular weight is 307 g/mol. The SMILES string of the molecule is NCC1CCCCC1c1nn2c(C3CCOC3)nnc2s1. The van der Waals surface area contributed by atoms with Gasteiger partial charge in [-0.1, -0.05) is 24.2 Å². The molecule has 114 valence electrons. The van der Waals surface area contributed by atoms with Gasteiger partial charge in [-0.05, 0) is 31.7 Å². The van der Waals surface area contributed by atoms with E-state index in [0.29, 0.717) is 17.8 Å². The van der Waals surface area contributed by atoms with Crippen LogP contribution in [0.5, 0.6) is 0 Å². The number of nitrogens with two attached hydrogens (primary N) is 1. The van der Waals surface area contributed by atoms with Crippen molar-refractivity contribution in [1.82, 2.24) is 19.8 Å². The van der Waals surface area contributed by atoms with Gasteiger partial charge >= 0.3 is 0 Å². The first-order valence-electron chi connectivity index (χ1n) is 7.86. The van der Waals surface area contributed by atoms with Crippen molar-refractivity contribution in [3.8, 4) is 0 Å². The van der Waals surface area contributed by atoms with E-state index in [2.05, 4.69) is 10.2 Å². The van der Waals surface area contributed by atoms with E-state index in [0.717, 1.165) is 37.0 Å². The van der Waals surface area contributed by atoms with Gasteiger partial charge in [0.05, 0.1) is 6.61 Å². The molecule has 0 spiro atoms. The molecule has 3 unspecified atom stereocenters. The van der Waals surface area contributed by atoms with E-state index < -0.39 is 0 Å². The minimum absolute atomic E-state index is 0.339. The monoisotopic (exact) mass is 307 g/mol. The van der Waals surface area contributed by atoms with Crippen LogP contribution in [0.25, 0.3) is 4.96 Å². The van der Waals surface area contributed by atoms with Crippen molar-refractivity contribution in [2.75, 3.05) is 19.8 Å². The molecule has 3 atom stereocenters. The lowest BCUT2D eigenvalue weighted by molar-refractivity contribution is 0.193. The molecule has 1 saturated carbocycles. The van der Waals surface area contributed by atoms with Crippen LogP contribution in [0.4, 0.5) is 0 Å². The maximum absolute atomic E-state index is 5.96. The summed E-state index contributed by atoms with van der Waals surface area (Å²) >= 11 is 1.68. The molecule has 1 aliphatic heterocycles. The van der Waals surface area contributed by atoms with Crippen molar-refractivity contribution in [3.05, 3.63) is 10.8 Å². The van der Waals surface area contributed by atoms with Gasteiger partial charge in [0.15, 0.2) is 5.82 Å². The molecule has 4 rings (SSSR count). The Hall–Kier alpha value is -1.05. The third-order valence-corrected chi connectivity index (χ3v) is 5.89. The van der Waals surface area contributed by atoms with Gasteiger partial charge in [-0.25, -0.2) is 0 Å². The van der Waals surface area contributed by atoms with Gasteiger partial charge in [-0.3, -0.25) is 0 Å². The molecule has 3 heterocycles. The van der Waals surface area contributed by atoms with Crippen molar-refractivity contribution in [1.29, 1.82) is 0 Å². The Kier molecular flexibility index (Phi) is 3.64. The van der Waals surface area contributed by atoms with Gasteiger partial charge in [0, 0.05) is 18.4 Å². The summed E-state index contributed by atoms with van der Waals surface area (Å²) in [6.07, 6.45) is 6.03. The van der Waals surface area contributed by atoms with Gasteiger partial charge in [0.25, 0.3) is 0 Å². The molecule has 6 nitrogen and oxygen atoms in total. The van der Waals surface area contributed by atoms with Gasteiger partial charge in [0.1, 0.15) is 5.01 Å². The maximum atomic E-state index is 5.96. The van der Waals surface area contributed by atoms with E-state index in [1.165, 1.54) is 30.7 Å². The van der Waals surface area contributed by atoms with Gasteiger partial charge in [0.2, 0.25) is 4.96 Å². The van der Waals surface area contributed by atoms with Crippen LogP contribution in [0.3, 0.4) is 0 Å². The standard InChI is InChI=1S/C14H21N5OS/c15-7-9-3-1-2-4-11(9)13-18-19-12(10-5-6-20-8-10)16-17-14(19)21-13/h9-11H,1-8,15H2. The first-order valence-corrected chi connectivity index (χ1v) is 8.68. The molecule has 2 fully saturated rings. The third-order valence-electron chi connectivity index (χ3n) is 4.85. The molecule has 1 saturated heterocycles. The zero-order chi connectivity index (χ0) is 14.2. The molecule has 7 heteroatoms. The highest BCUT2D eigenvalue weighted by molar-refractivity contribution is 7.16. The lowest BCUT2D eigenvalue weighted by Gasteiger charge is -2.28. The Morgan fingerprint density at radius 3 is 2.95 bits per heavy atom. The molecule has 2 aromatic heterocycles. The molecule has 2 N–H and O–H groups in total. The molecular formula is C14H21N5OS. The van der Waals surface area contributed by atoms with Gasteiger partial charge in [-0.2, -0.15) is 9.61 Å². The first kappa shape index (κ1) is 13.6. The van der Waals surface area contributed by atoms with Crippen molar-refractivity contribution in [3.63, 3.8) is 0 Å². The molecule has 2 aromatic rings. The van der Waals surface area contributed by atoms with Crippen molar-refractivity contribution in [2.45, 2.75) is 43.9 Å². The molecule has 0 bridgehead atoms. The lowest BCUT2D eigenvalue weighted by atomic mass is 9.80. The van der Waals surface area contributed by atoms with Crippen LogP contribution in [0.2, 0.25) is 0 Å². The fourth-order valence-corrected chi connectivity index (χ4v) is 4.68. The number of hydrogen-bond donors (Lipinski definition) is 1. The summed E-state index contributed by atoms with van der Waals surface area (Å²) in [5.41, 5.74) is 5.96. The predicted molar refractivity (Wildman–Crippen MR) is 80.6 cm³/mol. The summed E-state index contributed by atoms with van der Waals surface area (Å²) in [4.78, 5) is 0.910. The number of fused-ring (bicyclic) bond motifs is 1. The Labute approximate surface area is 127 Å². The second kappa shape index (κ2) is 5.62. The average Bonchev–Trinajstić information content (AvgIpc) is 3.23. The van der Waals surface area contributed by atoms with Crippen molar-refractivity contribution < 1.29 is 4.74 Å². The summed E-state index contributed by atoms with van der Waals surface area (Å²) in [5.74, 6) is 2.38. The van der Waals surface area contributed by atoms with Crippen molar-refractivity contribution in [2.24, 2.45) is 11.7 Å². The molecular weight excluding hydrogens is 286 g/mol. The van der Waals surface area contributed by atoms with E-state index in [1.54, 1.807) is 11.3 Å². The number of aromatic nitrogens is 4. The summed E-state index contributed by atoms with van der Waals surface area (Å²) < 4.78 is 7.41. The lowest BCUT2D eigenvalue weighted by Crippen LogP contribution is -2.25. The van der Waals surface area contributed by atoms with E-state index in [1.807, 2.05) is 4.52 Å². The number of ether oxygens (including phenoxy) is 1. The number of hydrogen-bond acceptors (Lipinski definition) is 6. The maximum Gasteiger partial charge on any atom is 0.234 e. The topological polar surface area (TPSA) is 78.3 Å². The van der Waals surface area contributed by atoms with E-state index in [9.17, 15) is 0 Å². The Morgan fingerprint density at radius 2 is 2.14 bits per heavy atom. The molecule has 0 amide bonds.